The molecule has 1 N–H and O–H groups in total. The second-order valence-electron chi connectivity index (χ2n) is 5.34. The molecule has 0 aromatic carbocycles. The first-order valence-corrected chi connectivity index (χ1v) is 6.81. The van der Waals surface area contributed by atoms with Gasteiger partial charge in [0.2, 0.25) is 0 Å². The molecule has 0 radical (unpaired) electrons. The lowest BCUT2D eigenvalue weighted by molar-refractivity contribution is 0.365. The van der Waals surface area contributed by atoms with E-state index in [9.17, 15) is 0 Å². The van der Waals surface area contributed by atoms with E-state index in [4.69, 9.17) is 0 Å². The van der Waals surface area contributed by atoms with E-state index in [0.717, 1.165) is 25.3 Å². The van der Waals surface area contributed by atoms with Crippen LogP contribution >= 0.6 is 0 Å². The summed E-state index contributed by atoms with van der Waals surface area (Å²) >= 11 is 0. The quantitative estimate of drug-likeness (QED) is 0.861. The molecule has 17 heavy (non-hydrogen) atoms. The van der Waals surface area contributed by atoms with Crippen LogP contribution in [0.3, 0.4) is 0 Å². The van der Waals surface area contributed by atoms with Crippen LogP contribution in [0.15, 0.2) is 6.20 Å². The third-order valence-electron chi connectivity index (χ3n) is 4.01. The number of nitrogens with zero attached hydrogens (tertiary/aromatic N) is 3. The van der Waals surface area contributed by atoms with Gasteiger partial charge >= 0.3 is 0 Å². The molecule has 4 heteroatoms. The molecule has 2 fully saturated rings. The van der Waals surface area contributed by atoms with Crippen LogP contribution in [0.1, 0.15) is 49.5 Å². The van der Waals surface area contributed by atoms with E-state index in [1.165, 1.54) is 37.8 Å². The standard InChI is InChI=1S/C13H20N4/c1-4-11(5-1)12-9-15-17-13(16-12)7-10-3-2-6-14-8-10/h9-11,14H,1-8H2. The maximum atomic E-state index is 4.69. The molecule has 1 saturated heterocycles. The molecular formula is C13H20N4. The van der Waals surface area contributed by atoms with Crippen LogP contribution in [0.5, 0.6) is 0 Å². The highest BCUT2D eigenvalue weighted by Gasteiger charge is 2.22. The average Bonchev–Trinajstić information content (AvgIpc) is 2.28. The molecule has 3 rings (SSSR count). The first kappa shape index (κ1) is 11.1. The molecule has 1 saturated carbocycles. The van der Waals surface area contributed by atoms with Gasteiger partial charge in [-0.15, -0.1) is 5.10 Å². The monoisotopic (exact) mass is 232 g/mol. The fourth-order valence-corrected chi connectivity index (χ4v) is 2.70. The Bertz CT molecular complexity index is 369. The Balaban J connectivity index is 1.65. The third-order valence-corrected chi connectivity index (χ3v) is 4.01. The molecular weight excluding hydrogens is 212 g/mol. The molecule has 1 aliphatic heterocycles. The van der Waals surface area contributed by atoms with Crippen molar-refractivity contribution in [1.82, 2.24) is 20.5 Å². The van der Waals surface area contributed by atoms with Crippen LogP contribution in [0, 0.1) is 5.92 Å². The minimum Gasteiger partial charge on any atom is -0.316 e. The van der Waals surface area contributed by atoms with Gasteiger partial charge in [-0.1, -0.05) is 6.42 Å². The van der Waals surface area contributed by atoms with E-state index >= 15 is 0 Å². The highest BCUT2D eigenvalue weighted by atomic mass is 15.1. The van der Waals surface area contributed by atoms with E-state index in [1.54, 1.807) is 0 Å². The highest BCUT2D eigenvalue weighted by molar-refractivity contribution is 5.07. The summed E-state index contributed by atoms with van der Waals surface area (Å²) in [6.07, 6.45) is 9.32. The zero-order valence-corrected chi connectivity index (χ0v) is 10.2. The normalized spacial score (nSPS) is 25.5. The van der Waals surface area contributed by atoms with Crippen molar-refractivity contribution < 1.29 is 0 Å². The van der Waals surface area contributed by atoms with Crippen LogP contribution in [0.25, 0.3) is 0 Å². The number of nitrogens with one attached hydrogen (secondary N) is 1. The van der Waals surface area contributed by atoms with Crippen molar-refractivity contribution in [3.8, 4) is 0 Å². The maximum absolute atomic E-state index is 4.69. The smallest absolute Gasteiger partial charge is 0.151 e. The molecule has 1 aromatic heterocycles. The molecule has 4 nitrogen and oxygen atoms in total. The fraction of sp³-hybridized carbons (Fsp3) is 0.769. The fourth-order valence-electron chi connectivity index (χ4n) is 2.70. The van der Waals surface area contributed by atoms with E-state index < -0.39 is 0 Å². The molecule has 2 aliphatic rings. The summed E-state index contributed by atoms with van der Waals surface area (Å²) in [5.41, 5.74) is 1.17. The lowest BCUT2D eigenvalue weighted by Crippen LogP contribution is -2.31. The zero-order valence-electron chi connectivity index (χ0n) is 10.2. The van der Waals surface area contributed by atoms with Crippen LogP contribution in [0.2, 0.25) is 0 Å². The Morgan fingerprint density at radius 3 is 2.88 bits per heavy atom. The molecule has 2 heterocycles. The van der Waals surface area contributed by atoms with Gasteiger partial charge in [0.1, 0.15) is 0 Å². The molecule has 1 aromatic rings. The Morgan fingerprint density at radius 2 is 2.18 bits per heavy atom. The lowest BCUT2D eigenvalue weighted by Gasteiger charge is -2.25. The summed E-state index contributed by atoms with van der Waals surface area (Å²) in [6.45, 7) is 2.27. The van der Waals surface area contributed by atoms with Gasteiger partial charge in [-0.25, -0.2) is 4.98 Å². The SMILES string of the molecule is c1nnc(CC2CCCNC2)nc1C1CCC1. The second-order valence-corrected chi connectivity index (χ2v) is 5.34. The zero-order chi connectivity index (χ0) is 11.5. The first-order chi connectivity index (χ1) is 8.42. The molecule has 1 atom stereocenters. The van der Waals surface area contributed by atoms with Crippen LogP contribution < -0.4 is 5.32 Å². The first-order valence-electron chi connectivity index (χ1n) is 6.81. The Hall–Kier alpha value is -1.03. The Morgan fingerprint density at radius 1 is 1.24 bits per heavy atom. The van der Waals surface area contributed by atoms with E-state index in [2.05, 4.69) is 20.5 Å². The predicted octanol–water partition coefficient (Wildman–Crippen LogP) is 1.68. The van der Waals surface area contributed by atoms with Crippen molar-refractivity contribution in [2.45, 2.75) is 44.4 Å². The van der Waals surface area contributed by atoms with Crippen LogP contribution in [-0.2, 0) is 6.42 Å². The molecule has 92 valence electrons. The number of rotatable bonds is 3. The van der Waals surface area contributed by atoms with E-state index in [1.807, 2.05) is 6.20 Å². The minimum absolute atomic E-state index is 0.661. The third kappa shape index (κ3) is 2.63. The van der Waals surface area contributed by atoms with Gasteiger partial charge < -0.3 is 5.32 Å². The molecule has 0 amide bonds. The molecule has 1 aliphatic carbocycles. The molecule has 0 bridgehead atoms. The van der Waals surface area contributed by atoms with Crippen molar-refractivity contribution in [1.29, 1.82) is 0 Å². The summed E-state index contributed by atoms with van der Waals surface area (Å²) in [5.74, 6) is 2.30. The molecule has 0 spiro atoms. The largest absolute Gasteiger partial charge is 0.316 e. The predicted molar refractivity (Wildman–Crippen MR) is 65.7 cm³/mol. The average molecular weight is 232 g/mol. The van der Waals surface area contributed by atoms with Gasteiger partial charge in [-0.3, -0.25) is 0 Å². The van der Waals surface area contributed by atoms with Gasteiger partial charge in [-0.05, 0) is 44.7 Å². The van der Waals surface area contributed by atoms with Crippen molar-refractivity contribution in [2.75, 3.05) is 13.1 Å². The summed E-state index contributed by atoms with van der Waals surface area (Å²) in [5, 5.41) is 11.7. The summed E-state index contributed by atoms with van der Waals surface area (Å²) < 4.78 is 0. The van der Waals surface area contributed by atoms with Gasteiger partial charge in [0.15, 0.2) is 5.82 Å². The number of aromatic nitrogens is 3. The van der Waals surface area contributed by atoms with Crippen molar-refractivity contribution >= 4 is 0 Å². The number of hydrogen-bond acceptors (Lipinski definition) is 4. The van der Waals surface area contributed by atoms with Gasteiger partial charge in [0, 0.05) is 12.3 Å². The second kappa shape index (κ2) is 5.08. The summed E-state index contributed by atoms with van der Waals surface area (Å²) in [7, 11) is 0. The highest BCUT2D eigenvalue weighted by Crippen LogP contribution is 2.34. The number of hydrogen-bond donors (Lipinski definition) is 1. The van der Waals surface area contributed by atoms with Crippen molar-refractivity contribution in [2.24, 2.45) is 5.92 Å². The van der Waals surface area contributed by atoms with Gasteiger partial charge in [-0.2, -0.15) is 5.10 Å². The van der Waals surface area contributed by atoms with E-state index in [-0.39, 0.29) is 0 Å². The van der Waals surface area contributed by atoms with Crippen molar-refractivity contribution in [3.63, 3.8) is 0 Å². The number of piperidine rings is 1. The molecule has 1 unspecified atom stereocenters. The van der Waals surface area contributed by atoms with Crippen molar-refractivity contribution in [3.05, 3.63) is 17.7 Å². The van der Waals surface area contributed by atoms with Gasteiger partial charge in [0.05, 0.1) is 11.9 Å². The summed E-state index contributed by atoms with van der Waals surface area (Å²) in [4.78, 5) is 4.69. The van der Waals surface area contributed by atoms with E-state index in [0.29, 0.717) is 11.8 Å². The summed E-state index contributed by atoms with van der Waals surface area (Å²) in [6, 6.07) is 0. The topological polar surface area (TPSA) is 50.7 Å². The Kier molecular flexibility index (Phi) is 3.31. The minimum atomic E-state index is 0.661. The van der Waals surface area contributed by atoms with Crippen LogP contribution in [-0.4, -0.2) is 28.3 Å². The van der Waals surface area contributed by atoms with Crippen LogP contribution in [0.4, 0.5) is 0 Å². The maximum Gasteiger partial charge on any atom is 0.151 e. The Labute approximate surface area is 102 Å². The lowest BCUT2D eigenvalue weighted by atomic mass is 9.83. The van der Waals surface area contributed by atoms with Gasteiger partial charge in [0.25, 0.3) is 0 Å².